The van der Waals surface area contributed by atoms with E-state index in [0.717, 1.165) is 66.9 Å². The Bertz CT molecular complexity index is 1220. The molecule has 3 heterocycles. The van der Waals surface area contributed by atoms with Crippen molar-refractivity contribution in [3.05, 3.63) is 39.9 Å². The molecule has 0 aliphatic carbocycles. The fourth-order valence-corrected chi connectivity index (χ4v) is 6.31. The smallest absolute Gasteiger partial charge is 0.338 e. The molecule has 1 aliphatic rings. The Morgan fingerprint density at radius 2 is 1.91 bits per heavy atom. The summed E-state index contributed by atoms with van der Waals surface area (Å²) >= 11 is 1.71. The van der Waals surface area contributed by atoms with E-state index in [1.165, 1.54) is 10.4 Å². The molecule has 0 radical (unpaired) electrons. The second-order valence-electron chi connectivity index (χ2n) is 8.85. The lowest BCUT2D eigenvalue weighted by Gasteiger charge is -2.26. The van der Waals surface area contributed by atoms with E-state index in [1.54, 1.807) is 25.6 Å². The van der Waals surface area contributed by atoms with Crippen LogP contribution in [0.2, 0.25) is 0 Å². The summed E-state index contributed by atoms with van der Waals surface area (Å²) in [5.74, 6) is 0.244. The van der Waals surface area contributed by atoms with E-state index in [-0.39, 0.29) is 5.56 Å². The minimum absolute atomic E-state index is 0.285. The van der Waals surface area contributed by atoms with Gasteiger partial charge in [0.2, 0.25) is 0 Å². The Morgan fingerprint density at radius 3 is 2.54 bits per heavy atom. The van der Waals surface area contributed by atoms with Gasteiger partial charge in [0.05, 0.1) is 25.5 Å². The number of carboxylic acid groups (broad SMARTS) is 1. The molecular formula is C27H35N3O4S. The molecule has 1 aliphatic heterocycles. The van der Waals surface area contributed by atoms with Crippen molar-refractivity contribution < 1.29 is 19.4 Å². The number of hydrogen-bond acceptors (Lipinski definition) is 7. The largest absolute Gasteiger partial charge is 0.493 e. The zero-order valence-electron chi connectivity index (χ0n) is 21.3. The van der Waals surface area contributed by atoms with Gasteiger partial charge in [-0.15, -0.1) is 11.3 Å². The average Bonchev–Trinajstić information content (AvgIpc) is 3.23. The van der Waals surface area contributed by atoms with Crippen LogP contribution in [-0.2, 0) is 19.5 Å². The van der Waals surface area contributed by atoms with E-state index in [1.807, 2.05) is 18.2 Å². The highest BCUT2D eigenvalue weighted by Gasteiger charge is 2.29. The van der Waals surface area contributed by atoms with Crippen LogP contribution in [0.15, 0.2) is 18.2 Å². The average molecular weight is 498 g/mol. The highest BCUT2D eigenvalue weighted by molar-refractivity contribution is 7.19. The monoisotopic (exact) mass is 497 g/mol. The molecule has 0 saturated carbocycles. The molecule has 0 unspecified atom stereocenters. The first-order valence-electron chi connectivity index (χ1n) is 12.3. The number of carbonyl (C=O) groups is 1. The number of pyridine rings is 1. The second kappa shape index (κ2) is 10.9. The number of methoxy groups -OCH3 is 2. The van der Waals surface area contributed by atoms with Gasteiger partial charge < -0.3 is 14.6 Å². The fourth-order valence-electron chi connectivity index (χ4n) is 5.02. The van der Waals surface area contributed by atoms with Gasteiger partial charge >= 0.3 is 5.97 Å². The molecule has 0 amide bonds. The van der Waals surface area contributed by atoms with E-state index in [9.17, 15) is 9.90 Å². The van der Waals surface area contributed by atoms with Crippen molar-refractivity contribution in [1.82, 2.24) is 14.8 Å². The van der Waals surface area contributed by atoms with Gasteiger partial charge in [0.15, 0.2) is 11.5 Å². The SMILES string of the molecule is CCCN1CCc2c(sc3nc(CN(CC)CC)c(C(=O)O)c(-c4ccc(OC)c(OC)c4)c23)C1. The van der Waals surface area contributed by atoms with Gasteiger partial charge in [0.1, 0.15) is 4.83 Å². The molecule has 7 nitrogen and oxygen atoms in total. The number of aromatic carboxylic acids is 1. The van der Waals surface area contributed by atoms with E-state index in [0.29, 0.717) is 23.7 Å². The maximum Gasteiger partial charge on any atom is 0.338 e. The van der Waals surface area contributed by atoms with Gasteiger partial charge in [-0.1, -0.05) is 26.8 Å². The van der Waals surface area contributed by atoms with Crippen LogP contribution >= 0.6 is 11.3 Å². The van der Waals surface area contributed by atoms with Crippen LogP contribution in [0.4, 0.5) is 0 Å². The molecule has 8 heteroatoms. The topological polar surface area (TPSA) is 75.1 Å². The highest BCUT2D eigenvalue weighted by Crippen LogP contribution is 2.44. The normalized spacial score (nSPS) is 13.9. The molecule has 3 aromatic rings. The predicted molar refractivity (Wildman–Crippen MR) is 141 cm³/mol. The van der Waals surface area contributed by atoms with E-state index in [2.05, 4.69) is 30.6 Å². The summed E-state index contributed by atoms with van der Waals surface area (Å²) in [5, 5.41) is 11.5. The zero-order valence-corrected chi connectivity index (χ0v) is 22.1. The van der Waals surface area contributed by atoms with Gasteiger partial charge in [0.25, 0.3) is 0 Å². The number of fused-ring (bicyclic) bond motifs is 3. The zero-order chi connectivity index (χ0) is 25.1. The molecule has 188 valence electrons. The molecule has 4 rings (SSSR count). The van der Waals surface area contributed by atoms with Crippen molar-refractivity contribution in [2.24, 2.45) is 0 Å². The summed E-state index contributed by atoms with van der Waals surface area (Å²) < 4.78 is 11.0. The van der Waals surface area contributed by atoms with Crippen molar-refractivity contribution in [3.8, 4) is 22.6 Å². The summed E-state index contributed by atoms with van der Waals surface area (Å²) in [6.45, 7) is 11.5. The first kappa shape index (κ1) is 25.4. The van der Waals surface area contributed by atoms with Crippen LogP contribution in [0.5, 0.6) is 11.5 Å². The van der Waals surface area contributed by atoms with Crippen LogP contribution in [0, 0.1) is 0 Å². The third-order valence-electron chi connectivity index (χ3n) is 6.84. The fraction of sp³-hybridized carbons (Fsp3) is 0.481. The Labute approximate surface area is 211 Å². The minimum Gasteiger partial charge on any atom is -0.493 e. The van der Waals surface area contributed by atoms with Gasteiger partial charge in [-0.25, -0.2) is 9.78 Å². The Balaban J connectivity index is 2.02. The predicted octanol–water partition coefficient (Wildman–Crippen LogP) is 5.29. The number of carboxylic acids is 1. The number of nitrogens with zero attached hydrogens (tertiary/aromatic N) is 3. The summed E-state index contributed by atoms with van der Waals surface area (Å²) in [6, 6.07) is 5.66. The number of thiophene rings is 1. The third-order valence-corrected chi connectivity index (χ3v) is 7.95. The molecule has 1 N–H and O–H groups in total. The Hall–Kier alpha value is -2.68. The van der Waals surface area contributed by atoms with Crippen molar-refractivity contribution in [3.63, 3.8) is 0 Å². The molecule has 0 bridgehead atoms. The van der Waals surface area contributed by atoms with Gasteiger partial charge in [-0.3, -0.25) is 9.80 Å². The third kappa shape index (κ3) is 4.87. The number of ether oxygens (including phenoxy) is 2. The van der Waals surface area contributed by atoms with Gasteiger partial charge in [-0.2, -0.15) is 0 Å². The number of aromatic nitrogens is 1. The Morgan fingerprint density at radius 1 is 1.17 bits per heavy atom. The first-order valence-corrected chi connectivity index (χ1v) is 13.1. The molecule has 1 aromatic carbocycles. The molecule has 2 aromatic heterocycles. The molecule has 0 saturated heterocycles. The minimum atomic E-state index is -0.949. The lowest BCUT2D eigenvalue weighted by atomic mass is 9.91. The summed E-state index contributed by atoms with van der Waals surface area (Å²) in [5.41, 5.74) is 3.69. The lowest BCUT2D eigenvalue weighted by molar-refractivity contribution is 0.0695. The van der Waals surface area contributed by atoms with E-state index >= 15 is 0 Å². The number of hydrogen-bond donors (Lipinski definition) is 1. The molecule has 0 fully saturated rings. The van der Waals surface area contributed by atoms with Crippen LogP contribution < -0.4 is 9.47 Å². The van der Waals surface area contributed by atoms with Crippen LogP contribution in [0.25, 0.3) is 21.3 Å². The van der Waals surface area contributed by atoms with E-state index in [4.69, 9.17) is 14.5 Å². The summed E-state index contributed by atoms with van der Waals surface area (Å²) in [4.78, 5) is 24.7. The van der Waals surface area contributed by atoms with Gasteiger partial charge in [-0.05, 0) is 55.7 Å². The standard InChI is InChI=1S/C27H35N3O4S/c1-6-12-30-13-11-18-22(16-30)35-26-24(18)23(17-9-10-20(33-4)21(14-17)34-5)25(27(31)32)19(28-26)15-29(7-2)8-3/h9-10,14H,6-8,11-13,15-16H2,1-5H3,(H,31,32). The highest BCUT2D eigenvalue weighted by atomic mass is 32.1. The van der Waals surface area contributed by atoms with Crippen molar-refractivity contribution >= 4 is 27.5 Å². The van der Waals surface area contributed by atoms with Crippen molar-refractivity contribution in [1.29, 1.82) is 0 Å². The first-order chi connectivity index (χ1) is 16.9. The summed E-state index contributed by atoms with van der Waals surface area (Å²) in [7, 11) is 3.20. The van der Waals surface area contributed by atoms with Crippen LogP contribution in [0.1, 0.15) is 53.7 Å². The number of benzene rings is 1. The van der Waals surface area contributed by atoms with Gasteiger partial charge in [0, 0.05) is 35.5 Å². The molecule has 0 atom stereocenters. The van der Waals surface area contributed by atoms with Crippen LogP contribution in [0.3, 0.4) is 0 Å². The maximum absolute atomic E-state index is 12.8. The molecule has 0 spiro atoms. The lowest BCUT2D eigenvalue weighted by Crippen LogP contribution is -2.30. The van der Waals surface area contributed by atoms with Crippen LogP contribution in [-0.4, -0.2) is 66.3 Å². The molecule has 35 heavy (non-hydrogen) atoms. The second-order valence-corrected chi connectivity index (χ2v) is 9.94. The Kier molecular flexibility index (Phi) is 7.94. The maximum atomic E-state index is 12.8. The van der Waals surface area contributed by atoms with E-state index < -0.39 is 5.97 Å². The van der Waals surface area contributed by atoms with Crippen molar-refractivity contribution in [2.45, 2.75) is 46.7 Å². The summed E-state index contributed by atoms with van der Waals surface area (Å²) in [6.07, 6.45) is 2.01. The number of rotatable bonds is 10. The van der Waals surface area contributed by atoms with Crippen molar-refractivity contribution in [2.75, 3.05) is 40.4 Å². The quantitative estimate of drug-likeness (QED) is 0.408. The molecular weight excluding hydrogens is 462 g/mol.